The third kappa shape index (κ3) is 3.83. The number of carboxylic acids is 1. The molecule has 0 radical (unpaired) electrons. The summed E-state index contributed by atoms with van der Waals surface area (Å²) in [5, 5.41) is 8.57. The maximum atomic E-state index is 13.7. The molecule has 0 saturated heterocycles. The van der Waals surface area contributed by atoms with Gasteiger partial charge in [-0.2, -0.15) is 0 Å². The molecule has 0 unspecified atom stereocenters. The molecule has 0 atom stereocenters. The van der Waals surface area contributed by atoms with Crippen LogP contribution in [0.1, 0.15) is 11.3 Å². The van der Waals surface area contributed by atoms with Crippen molar-refractivity contribution in [3.8, 4) is 5.75 Å². The third-order valence-corrected chi connectivity index (χ3v) is 2.38. The lowest BCUT2D eigenvalue weighted by Gasteiger charge is -2.12. The minimum atomic E-state index is -5.07. The van der Waals surface area contributed by atoms with Gasteiger partial charge < -0.3 is 9.84 Å². The van der Waals surface area contributed by atoms with Crippen molar-refractivity contribution in [2.45, 2.75) is 18.1 Å². The van der Waals surface area contributed by atoms with Crippen LogP contribution in [0.25, 0.3) is 0 Å². The maximum absolute atomic E-state index is 13.7. The second kappa shape index (κ2) is 5.51. The summed E-state index contributed by atoms with van der Waals surface area (Å²) in [4.78, 5) is 14.0. The van der Waals surface area contributed by atoms with Crippen LogP contribution in [-0.2, 0) is 16.5 Å². The number of aromatic nitrogens is 1. The number of rotatable bonds is 4. The molecule has 0 spiro atoms. The summed E-state index contributed by atoms with van der Waals surface area (Å²) < 4.78 is 52.9. The van der Waals surface area contributed by atoms with Crippen LogP contribution in [0, 0.1) is 5.82 Å². The number of hydrogen-bond donors (Lipinski definition) is 1. The van der Waals surface area contributed by atoms with Gasteiger partial charge in [-0.05, 0) is 0 Å². The zero-order valence-electron chi connectivity index (χ0n) is 8.59. The minimum Gasteiger partial charge on any atom is -0.481 e. The molecule has 0 aromatic carbocycles. The van der Waals surface area contributed by atoms with Crippen molar-refractivity contribution in [3.05, 3.63) is 23.3 Å². The fourth-order valence-electron chi connectivity index (χ4n) is 1.19. The van der Waals surface area contributed by atoms with Crippen LogP contribution in [-0.4, -0.2) is 22.4 Å². The molecular formula is C9H6BrF4NO3. The van der Waals surface area contributed by atoms with Crippen LogP contribution in [0.4, 0.5) is 17.6 Å². The highest BCUT2D eigenvalue weighted by Crippen LogP contribution is 2.28. The van der Waals surface area contributed by atoms with Gasteiger partial charge in [0.1, 0.15) is 0 Å². The predicted octanol–water partition coefficient (Wildman–Crippen LogP) is 2.64. The summed E-state index contributed by atoms with van der Waals surface area (Å²) in [7, 11) is 0. The van der Waals surface area contributed by atoms with E-state index >= 15 is 0 Å². The van der Waals surface area contributed by atoms with E-state index in [9.17, 15) is 22.4 Å². The first-order valence-corrected chi connectivity index (χ1v) is 5.56. The molecule has 4 nitrogen and oxygen atoms in total. The van der Waals surface area contributed by atoms with Crippen LogP contribution in [0.15, 0.2) is 6.20 Å². The number of pyridine rings is 1. The summed E-state index contributed by atoms with van der Waals surface area (Å²) in [5.41, 5.74) is -0.439. The van der Waals surface area contributed by atoms with Crippen molar-refractivity contribution >= 4 is 21.9 Å². The Kier molecular flexibility index (Phi) is 4.49. The number of hydrogen-bond acceptors (Lipinski definition) is 3. The Bertz CT molecular complexity index is 464. The van der Waals surface area contributed by atoms with E-state index in [4.69, 9.17) is 5.11 Å². The van der Waals surface area contributed by atoms with Gasteiger partial charge in [-0.3, -0.25) is 9.78 Å². The Labute approximate surface area is 107 Å². The van der Waals surface area contributed by atoms with Crippen LogP contribution in [0.3, 0.4) is 0 Å². The number of halogens is 5. The Morgan fingerprint density at radius 2 is 2.11 bits per heavy atom. The zero-order valence-corrected chi connectivity index (χ0v) is 10.2. The first kappa shape index (κ1) is 14.7. The average Bonchev–Trinajstić information content (AvgIpc) is 2.22. The monoisotopic (exact) mass is 331 g/mol. The lowest BCUT2D eigenvalue weighted by atomic mass is 10.1. The minimum absolute atomic E-state index is 0.00410. The first-order chi connectivity index (χ1) is 8.24. The van der Waals surface area contributed by atoms with Crippen molar-refractivity contribution in [2.24, 2.45) is 0 Å². The molecule has 1 heterocycles. The fourth-order valence-corrected chi connectivity index (χ4v) is 1.67. The topological polar surface area (TPSA) is 59.4 Å². The molecule has 1 N–H and O–H groups in total. The van der Waals surface area contributed by atoms with Gasteiger partial charge >= 0.3 is 12.3 Å². The van der Waals surface area contributed by atoms with Crippen molar-refractivity contribution < 1.29 is 32.2 Å². The highest BCUT2D eigenvalue weighted by atomic mass is 79.9. The molecule has 0 aliphatic carbocycles. The van der Waals surface area contributed by atoms with Crippen LogP contribution in [0.2, 0.25) is 0 Å². The van der Waals surface area contributed by atoms with Gasteiger partial charge in [0.15, 0.2) is 11.6 Å². The number of carboxylic acid groups (broad SMARTS) is 1. The number of aliphatic carboxylic acids is 1. The van der Waals surface area contributed by atoms with Gasteiger partial charge in [-0.1, -0.05) is 15.9 Å². The Balaban J connectivity index is 3.20. The van der Waals surface area contributed by atoms with Crippen molar-refractivity contribution in [1.82, 2.24) is 4.98 Å². The van der Waals surface area contributed by atoms with E-state index in [2.05, 4.69) is 25.7 Å². The smallest absolute Gasteiger partial charge is 0.481 e. The predicted molar refractivity (Wildman–Crippen MR) is 54.8 cm³/mol. The van der Waals surface area contributed by atoms with E-state index < -0.39 is 35.9 Å². The van der Waals surface area contributed by atoms with Gasteiger partial charge in [0.2, 0.25) is 0 Å². The Morgan fingerprint density at radius 3 is 2.56 bits per heavy atom. The molecule has 0 aliphatic heterocycles. The highest BCUT2D eigenvalue weighted by molar-refractivity contribution is 9.08. The van der Waals surface area contributed by atoms with Gasteiger partial charge in [-0.15, -0.1) is 13.2 Å². The lowest BCUT2D eigenvalue weighted by molar-refractivity contribution is -0.275. The van der Waals surface area contributed by atoms with Crippen LogP contribution >= 0.6 is 15.9 Å². The van der Waals surface area contributed by atoms with Crippen LogP contribution < -0.4 is 4.74 Å². The molecule has 18 heavy (non-hydrogen) atoms. The fraction of sp³-hybridized carbons (Fsp3) is 0.333. The standard InChI is InChI=1S/C9H6BrF4NO3/c10-2-5-4(1-7(16)17)8(11)6(3-15-5)18-9(12,13)14/h3H,1-2H2,(H,16,17). The normalized spacial score (nSPS) is 11.4. The molecule has 1 aromatic rings. The van der Waals surface area contributed by atoms with E-state index in [0.717, 1.165) is 0 Å². The zero-order chi connectivity index (χ0) is 13.9. The summed E-state index contributed by atoms with van der Waals surface area (Å²) >= 11 is 2.93. The molecule has 100 valence electrons. The quantitative estimate of drug-likeness (QED) is 0.680. The van der Waals surface area contributed by atoms with Crippen molar-refractivity contribution in [3.63, 3.8) is 0 Å². The summed E-state index contributed by atoms with van der Waals surface area (Å²) in [5.74, 6) is -3.91. The summed E-state index contributed by atoms with van der Waals surface area (Å²) in [6.45, 7) is 0. The van der Waals surface area contributed by atoms with Crippen molar-refractivity contribution in [2.75, 3.05) is 0 Å². The van der Waals surface area contributed by atoms with Gasteiger partial charge in [0, 0.05) is 10.9 Å². The van der Waals surface area contributed by atoms with Crippen molar-refractivity contribution in [1.29, 1.82) is 0 Å². The molecule has 1 rings (SSSR count). The number of alkyl halides is 4. The molecule has 0 amide bonds. The second-order valence-corrected chi connectivity index (χ2v) is 3.67. The van der Waals surface area contributed by atoms with Gasteiger partial charge in [0.25, 0.3) is 0 Å². The van der Waals surface area contributed by atoms with Gasteiger partial charge in [-0.25, -0.2) is 4.39 Å². The molecule has 0 fully saturated rings. The summed E-state index contributed by atoms with van der Waals surface area (Å²) in [6, 6.07) is 0. The maximum Gasteiger partial charge on any atom is 0.573 e. The lowest BCUT2D eigenvalue weighted by Crippen LogP contribution is -2.19. The number of ether oxygens (including phenoxy) is 1. The van der Waals surface area contributed by atoms with E-state index in [-0.39, 0.29) is 11.0 Å². The SMILES string of the molecule is O=C(O)Cc1c(CBr)ncc(OC(F)(F)F)c1F. The largest absolute Gasteiger partial charge is 0.573 e. The van der Waals surface area contributed by atoms with E-state index in [0.29, 0.717) is 6.20 Å². The molecule has 9 heteroatoms. The number of carbonyl (C=O) groups is 1. The molecule has 0 saturated carbocycles. The molecular weight excluding hydrogens is 326 g/mol. The molecule has 1 aromatic heterocycles. The van der Waals surface area contributed by atoms with E-state index in [1.807, 2.05) is 0 Å². The van der Waals surface area contributed by atoms with E-state index in [1.54, 1.807) is 0 Å². The Hall–Kier alpha value is -1.38. The Morgan fingerprint density at radius 1 is 1.50 bits per heavy atom. The average molecular weight is 332 g/mol. The first-order valence-electron chi connectivity index (χ1n) is 4.44. The highest BCUT2D eigenvalue weighted by Gasteiger charge is 2.33. The third-order valence-electron chi connectivity index (χ3n) is 1.85. The second-order valence-electron chi connectivity index (χ2n) is 3.11. The van der Waals surface area contributed by atoms with E-state index in [1.165, 1.54) is 0 Å². The number of nitrogens with zero attached hydrogens (tertiary/aromatic N) is 1. The van der Waals surface area contributed by atoms with Gasteiger partial charge in [0.05, 0.1) is 18.3 Å². The summed E-state index contributed by atoms with van der Waals surface area (Å²) in [6.07, 6.45) is -5.29. The molecule has 0 aliphatic rings. The molecule has 0 bridgehead atoms. The van der Waals surface area contributed by atoms with Crippen LogP contribution in [0.5, 0.6) is 5.75 Å².